The molecule has 0 unspecified atom stereocenters. The quantitative estimate of drug-likeness (QED) is 0.179. The summed E-state index contributed by atoms with van der Waals surface area (Å²) in [4.78, 5) is 2.35. The van der Waals surface area contributed by atoms with E-state index in [1.54, 1.807) is 0 Å². The maximum Gasteiger partial charge on any atom is 0.143 e. The van der Waals surface area contributed by atoms with E-state index in [1.165, 1.54) is 11.1 Å². The van der Waals surface area contributed by atoms with Crippen LogP contribution in [0.3, 0.4) is 0 Å². The molecule has 3 heteroatoms. The van der Waals surface area contributed by atoms with Gasteiger partial charge in [0, 0.05) is 44.2 Å². The molecular weight excluding hydrogens is 623 g/mol. The first-order chi connectivity index (χ1) is 25.3. The van der Waals surface area contributed by atoms with Crippen molar-refractivity contribution in [3.05, 3.63) is 188 Å². The number of hydrogen-bond acceptors (Lipinski definition) is 3. The van der Waals surface area contributed by atoms with Gasteiger partial charge in [0.1, 0.15) is 22.3 Å². The van der Waals surface area contributed by atoms with Crippen LogP contribution in [0.4, 0.5) is 17.1 Å². The Balaban J connectivity index is 1.21. The van der Waals surface area contributed by atoms with E-state index in [9.17, 15) is 0 Å². The highest BCUT2D eigenvalue weighted by Crippen LogP contribution is 2.45. The summed E-state index contributed by atoms with van der Waals surface area (Å²) in [7, 11) is 0. The van der Waals surface area contributed by atoms with Gasteiger partial charge in [0.2, 0.25) is 0 Å². The lowest BCUT2D eigenvalue weighted by molar-refractivity contribution is 0.668. The van der Waals surface area contributed by atoms with E-state index < -0.39 is 0 Å². The minimum Gasteiger partial charge on any atom is -0.456 e. The van der Waals surface area contributed by atoms with E-state index in [4.69, 9.17) is 8.83 Å². The normalized spacial score (nSPS) is 11.5. The largest absolute Gasteiger partial charge is 0.456 e. The Morgan fingerprint density at radius 3 is 1.65 bits per heavy atom. The summed E-state index contributed by atoms with van der Waals surface area (Å²) in [5.74, 6) is 0. The number of para-hydroxylation sites is 3. The molecule has 240 valence electrons. The van der Waals surface area contributed by atoms with E-state index >= 15 is 0 Å². The lowest BCUT2D eigenvalue weighted by Gasteiger charge is -2.27. The highest BCUT2D eigenvalue weighted by atomic mass is 16.3. The predicted molar refractivity (Wildman–Crippen MR) is 212 cm³/mol. The number of fused-ring (bicyclic) bond motifs is 6. The molecule has 2 aromatic heterocycles. The Kier molecular flexibility index (Phi) is 6.81. The molecule has 0 aliphatic carbocycles. The number of benzene rings is 8. The van der Waals surface area contributed by atoms with Crippen LogP contribution in [0.25, 0.3) is 77.3 Å². The fourth-order valence-electron chi connectivity index (χ4n) is 7.50. The molecule has 8 aromatic carbocycles. The topological polar surface area (TPSA) is 29.5 Å². The fraction of sp³-hybridized carbons (Fsp3) is 0. The van der Waals surface area contributed by atoms with Crippen LogP contribution in [0.5, 0.6) is 0 Å². The first-order valence-corrected chi connectivity index (χ1v) is 17.3. The maximum absolute atomic E-state index is 6.54. The lowest BCUT2D eigenvalue weighted by Crippen LogP contribution is -2.10. The van der Waals surface area contributed by atoms with Crippen LogP contribution in [-0.4, -0.2) is 0 Å². The van der Waals surface area contributed by atoms with Crippen LogP contribution >= 0.6 is 0 Å². The number of hydrogen-bond donors (Lipinski definition) is 0. The number of rotatable bonds is 6. The molecule has 0 amide bonds. The highest BCUT2D eigenvalue weighted by Gasteiger charge is 2.20. The number of nitrogens with zero attached hydrogens (tertiary/aromatic N) is 1. The molecule has 0 atom stereocenters. The zero-order valence-corrected chi connectivity index (χ0v) is 27.7. The molecule has 0 aliphatic rings. The van der Waals surface area contributed by atoms with Crippen LogP contribution in [0, 0.1) is 0 Å². The van der Waals surface area contributed by atoms with Gasteiger partial charge in [-0.15, -0.1) is 0 Å². The molecule has 0 bridgehead atoms. The number of anilines is 3. The highest BCUT2D eigenvalue weighted by molar-refractivity contribution is 6.17. The average molecular weight is 654 g/mol. The van der Waals surface area contributed by atoms with Crippen molar-refractivity contribution < 1.29 is 8.83 Å². The molecule has 10 aromatic rings. The van der Waals surface area contributed by atoms with Crippen molar-refractivity contribution >= 4 is 60.9 Å². The SMILES string of the molecule is c1ccc(-c2cc(-c3ccccc3)cc(N(c3ccccc3)c3ccc4oc5cccc(-c6cccc7c6oc6ccccc67)c5c4c3)c2)cc1. The van der Waals surface area contributed by atoms with Crippen molar-refractivity contribution in [2.45, 2.75) is 0 Å². The Labute approximate surface area is 295 Å². The molecule has 0 N–H and O–H groups in total. The van der Waals surface area contributed by atoms with E-state index in [0.29, 0.717) is 0 Å². The molecule has 0 fully saturated rings. The van der Waals surface area contributed by atoms with E-state index in [1.807, 2.05) is 12.1 Å². The summed E-state index contributed by atoms with van der Waals surface area (Å²) in [6.07, 6.45) is 0. The molecule has 0 aliphatic heterocycles. The molecule has 3 nitrogen and oxygen atoms in total. The van der Waals surface area contributed by atoms with Gasteiger partial charge in [0.15, 0.2) is 0 Å². The maximum atomic E-state index is 6.54. The number of furan rings is 2. The van der Waals surface area contributed by atoms with Crippen molar-refractivity contribution in [3.8, 4) is 33.4 Å². The molecule has 0 saturated heterocycles. The minimum atomic E-state index is 0.842. The van der Waals surface area contributed by atoms with Crippen LogP contribution in [0.15, 0.2) is 197 Å². The van der Waals surface area contributed by atoms with Crippen LogP contribution in [0.2, 0.25) is 0 Å². The van der Waals surface area contributed by atoms with Crippen LogP contribution < -0.4 is 4.90 Å². The molecule has 0 spiro atoms. The zero-order chi connectivity index (χ0) is 33.7. The molecule has 0 saturated carbocycles. The van der Waals surface area contributed by atoms with E-state index in [2.05, 4.69) is 181 Å². The third kappa shape index (κ3) is 4.98. The second-order valence-electron chi connectivity index (χ2n) is 12.9. The summed E-state index contributed by atoms with van der Waals surface area (Å²) in [6, 6.07) is 66.2. The third-order valence-electron chi connectivity index (χ3n) is 9.84. The van der Waals surface area contributed by atoms with Gasteiger partial charge in [-0.05, 0) is 88.5 Å². The van der Waals surface area contributed by atoms with Crippen LogP contribution in [0.1, 0.15) is 0 Å². The van der Waals surface area contributed by atoms with Crippen molar-refractivity contribution in [3.63, 3.8) is 0 Å². The molecule has 51 heavy (non-hydrogen) atoms. The van der Waals surface area contributed by atoms with Crippen LogP contribution in [-0.2, 0) is 0 Å². The smallest absolute Gasteiger partial charge is 0.143 e. The first-order valence-electron chi connectivity index (χ1n) is 17.3. The standard InChI is InChI=1S/C48H31NO2/c1-4-14-32(15-5-1)34-28-35(33-16-6-2-7-17-33)30-38(29-34)49(36-18-8-3-9-19-36)37-26-27-45-43(31-37)47-40(21-13-25-46(47)50-45)42-23-12-22-41-39-20-10-11-24-44(39)51-48(41)42/h1-31H. The van der Waals surface area contributed by atoms with Gasteiger partial charge in [-0.25, -0.2) is 0 Å². The van der Waals surface area contributed by atoms with Crippen molar-refractivity contribution in [1.29, 1.82) is 0 Å². The Hall–Kier alpha value is -6.84. The molecule has 0 radical (unpaired) electrons. The van der Waals surface area contributed by atoms with Crippen molar-refractivity contribution in [2.24, 2.45) is 0 Å². The predicted octanol–water partition coefficient (Wildman–Crippen LogP) is 14.0. The van der Waals surface area contributed by atoms with Crippen molar-refractivity contribution in [2.75, 3.05) is 4.90 Å². The minimum absolute atomic E-state index is 0.842. The fourth-order valence-corrected chi connectivity index (χ4v) is 7.50. The van der Waals surface area contributed by atoms with Gasteiger partial charge in [-0.1, -0.05) is 127 Å². The Morgan fingerprint density at radius 1 is 0.314 bits per heavy atom. The molecule has 10 rings (SSSR count). The van der Waals surface area contributed by atoms with Gasteiger partial charge in [-0.2, -0.15) is 0 Å². The monoisotopic (exact) mass is 653 g/mol. The van der Waals surface area contributed by atoms with Gasteiger partial charge in [0.25, 0.3) is 0 Å². The van der Waals surface area contributed by atoms with Crippen molar-refractivity contribution in [1.82, 2.24) is 0 Å². The molecular formula is C48H31NO2. The summed E-state index contributed by atoms with van der Waals surface area (Å²) >= 11 is 0. The van der Waals surface area contributed by atoms with Gasteiger partial charge in [-0.3, -0.25) is 0 Å². The summed E-state index contributed by atoms with van der Waals surface area (Å²) < 4.78 is 13.0. The second kappa shape index (κ2) is 11.9. The summed E-state index contributed by atoms with van der Waals surface area (Å²) in [6.45, 7) is 0. The summed E-state index contributed by atoms with van der Waals surface area (Å²) in [5, 5.41) is 4.34. The Bertz CT molecular complexity index is 2790. The zero-order valence-electron chi connectivity index (χ0n) is 27.7. The van der Waals surface area contributed by atoms with E-state index in [-0.39, 0.29) is 0 Å². The second-order valence-corrected chi connectivity index (χ2v) is 12.9. The average Bonchev–Trinajstić information content (AvgIpc) is 3.77. The molecule has 2 heterocycles. The first kappa shape index (κ1) is 29.1. The Morgan fingerprint density at radius 2 is 0.902 bits per heavy atom. The van der Waals surface area contributed by atoms with E-state index in [0.717, 1.165) is 83.2 Å². The van der Waals surface area contributed by atoms with Gasteiger partial charge >= 0.3 is 0 Å². The van der Waals surface area contributed by atoms with Gasteiger partial charge in [0.05, 0.1) is 0 Å². The summed E-state index contributed by atoms with van der Waals surface area (Å²) in [5.41, 5.74) is 13.4. The van der Waals surface area contributed by atoms with Gasteiger partial charge < -0.3 is 13.7 Å². The third-order valence-corrected chi connectivity index (χ3v) is 9.84. The lowest BCUT2D eigenvalue weighted by atomic mass is 9.96.